The SMILES string of the molecule is C=CC(=O)N1CCN(C(=N)c2cc(C)c(-c3ccc(F)c(Cl)c3)c3c2NCC(OCCN(C)C)CS3)CC1. The number of fused-ring (bicyclic) bond motifs is 1. The third kappa shape index (κ3) is 6.34. The molecule has 2 aromatic rings. The lowest BCUT2D eigenvalue weighted by atomic mass is 9.95. The van der Waals surface area contributed by atoms with E-state index in [1.807, 2.05) is 32.0 Å². The summed E-state index contributed by atoms with van der Waals surface area (Å²) in [5.74, 6) is 0.626. The number of hydrogen-bond donors (Lipinski definition) is 2. The fourth-order valence-electron chi connectivity index (χ4n) is 4.71. The molecule has 1 amide bonds. The molecule has 0 radical (unpaired) electrons. The monoisotopic (exact) mass is 559 g/mol. The number of aryl methyl sites for hydroxylation is 1. The van der Waals surface area contributed by atoms with Crippen LogP contribution in [-0.4, -0.2) is 98.3 Å². The lowest BCUT2D eigenvalue weighted by Crippen LogP contribution is -2.50. The molecular weight excluding hydrogens is 525 g/mol. The number of carbonyl (C=O) groups excluding carboxylic acids is 1. The predicted octanol–water partition coefficient (Wildman–Crippen LogP) is 4.57. The molecule has 1 atom stereocenters. The van der Waals surface area contributed by atoms with E-state index in [-0.39, 0.29) is 17.0 Å². The Hall–Kier alpha value is -2.59. The minimum Gasteiger partial charge on any atom is -0.381 e. The van der Waals surface area contributed by atoms with Crippen molar-refractivity contribution in [3.8, 4) is 11.1 Å². The van der Waals surface area contributed by atoms with Crippen LogP contribution in [0.1, 0.15) is 11.1 Å². The lowest BCUT2D eigenvalue weighted by molar-refractivity contribution is -0.127. The fourth-order valence-corrected chi connectivity index (χ4v) is 6.21. The Bertz CT molecular complexity index is 1220. The van der Waals surface area contributed by atoms with E-state index >= 15 is 0 Å². The van der Waals surface area contributed by atoms with Crippen LogP contribution in [0.25, 0.3) is 11.1 Å². The molecule has 38 heavy (non-hydrogen) atoms. The molecule has 0 aromatic heterocycles. The summed E-state index contributed by atoms with van der Waals surface area (Å²) in [6.07, 6.45) is 1.33. The van der Waals surface area contributed by atoms with E-state index in [1.54, 1.807) is 28.8 Å². The molecule has 2 aliphatic heterocycles. The van der Waals surface area contributed by atoms with Gasteiger partial charge in [0, 0.05) is 61.0 Å². The Balaban J connectivity index is 1.67. The largest absolute Gasteiger partial charge is 0.381 e. The first-order valence-electron chi connectivity index (χ1n) is 12.7. The molecule has 0 spiro atoms. The highest BCUT2D eigenvalue weighted by atomic mass is 35.5. The molecule has 4 rings (SSSR count). The maximum Gasteiger partial charge on any atom is 0.246 e. The van der Waals surface area contributed by atoms with Crippen LogP contribution < -0.4 is 5.32 Å². The van der Waals surface area contributed by atoms with Gasteiger partial charge in [-0.2, -0.15) is 0 Å². The molecule has 0 bridgehead atoms. The number of amidine groups is 1. The highest BCUT2D eigenvalue weighted by Crippen LogP contribution is 2.44. The molecule has 1 saturated heterocycles. The summed E-state index contributed by atoms with van der Waals surface area (Å²) in [5.41, 5.74) is 4.48. The smallest absolute Gasteiger partial charge is 0.246 e. The van der Waals surface area contributed by atoms with Gasteiger partial charge in [0.2, 0.25) is 5.91 Å². The van der Waals surface area contributed by atoms with E-state index in [9.17, 15) is 9.18 Å². The van der Waals surface area contributed by atoms with Gasteiger partial charge in [-0.3, -0.25) is 10.2 Å². The molecule has 0 aliphatic carbocycles. The second-order valence-corrected chi connectivity index (χ2v) is 11.2. The molecule has 0 saturated carbocycles. The van der Waals surface area contributed by atoms with Crippen LogP contribution in [0.2, 0.25) is 5.02 Å². The van der Waals surface area contributed by atoms with Gasteiger partial charge < -0.3 is 24.8 Å². The van der Waals surface area contributed by atoms with Crippen LogP contribution in [0.15, 0.2) is 41.8 Å². The summed E-state index contributed by atoms with van der Waals surface area (Å²) in [7, 11) is 4.04. The summed E-state index contributed by atoms with van der Waals surface area (Å²) < 4.78 is 20.2. The molecule has 1 fully saturated rings. The normalized spacial score (nSPS) is 17.6. The fraction of sp³-hybridized carbons (Fsp3) is 0.429. The van der Waals surface area contributed by atoms with Crippen molar-refractivity contribution < 1.29 is 13.9 Å². The van der Waals surface area contributed by atoms with E-state index in [0.717, 1.165) is 45.1 Å². The average molecular weight is 560 g/mol. The summed E-state index contributed by atoms with van der Waals surface area (Å²) in [5, 5.41) is 12.8. The first kappa shape index (κ1) is 28.4. The lowest BCUT2D eigenvalue weighted by Gasteiger charge is -2.36. The van der Waals surface area contributed by atoms with Gasteiger partial charge in [0.15, 0.2) is 0 Å². The number of carbonyl (C=O) groups is 1. The van der Waals surface area contributed by atoms with Crippen molar-refractivity contribution >= 4 is 40.8 Å². The Labute approximate surface area is 233 Å². The second kappa shape index (κ2) is 12.5. The van der Waals surface area contributed by atoms with Crippen LogP contribution >= 0.6 is 23.4 Å². The highest BCUT2D eigenvalue weighted by molar-refractivity contribution is 7.99. The average Bonchev–Trinajstić information content (AvgIpc) is 3.12. The number of nitrogens with one attached hydrogen (secondary N) is 2. The molecule has 2 aromatic carbocycles. The zero-order valence-electron chi connectivity index (χ0n) is 22.2. The predicted molar refractivity (Wildman–Crippen MR) is 154 cm³/mol. The van der Waals surface area contributed by atoms with E-state index in [0.29, 0.717) is 45.2 Å². The molecule has 10 heteroatoms. The topological polar surface area (TPSA) is 71.9 Å². The first-order chi connectivity index (χ1) is 18.2. The zero-order valence-corrected chi connectivity index (χ0v) is 23.7. The van der Waals surface area contributed by atoms with Crippen molar-refractivity contribution in [3.05, 3.63) is 58.9 Å². The number of thioether (sulfide) groups is 1. The molecule has 7 nitrogen and oxygen atoms in total. The van der Waals surface area contributed by atoms with Crippen LogP contribution in [0.3, 0.4) is 0 Å². The number of amides is 1. The van der Waals surface area contributed by atoms with Gasteiger partial charge in [0.05, 0.1) is 23.4 Å². The number of hydrogen-bond acceptors (Lipinski definition) is 6. The molecule has 2 N–H and O–H groups in total. The van der Waals surface area contributed by atoms with E-state index in [1.165, 1.54) is 12.1 Å². The van der Waals surface area contributed by atoms with Gasteiger partial charge in [-0.1, -0.05) is 24.2 Å². The van der Waals surface area contributed by atoms with Gasteiger partial charge in [-0.15, -0.1) is 11.8 Å². The van der Waals surface area contributed by atoms with Crippen molar-refractivity contribution in [2.24, 2.45) is 0 Å². The van der Waals surface area contributed by atoms with E-state index in [2.05, 4.69) is 16.8 Å². The molecule has 204 valence electrons. The Morgan fingerprint density at radius 2 is 2.00 bits per heavy atom. The quantitative estimate of drug-likeness (QED) is 0.294. The van der Waals surface area contributed by atoms with Gasteiger partial charge >= 0.3 is 0 Å². The van der Waals surface area contributed by atoms with Crippen LogP contribution in [-0.2, 0) is 9.53 Å². The Kier molecular flexibility index (Phi) is 9.36. The minimum atomic E-state index is -0.452. The summed E-state index contributed by atoms with van der Waals surface area (Å²) in [6.45, 7) is 9.92. The van der Waals surface area contributed by atoms with E-state index < -0.39 is 5.82 Å². The minimum absolute atomic E-state index is 0.00666. The molecule has 2 aliphatic rings. The van der Waals surface area contributed by atoms with Gasteiger partial charge in [0.1, 0.15) is 11.7 Å². The number of benzene rings is 2. The summed E-state index contributed by atoms with van der Waals surface area (Å²) in [6, 6.07) is 6.83. The van der Waals surface area contributed by atoms with Crippen molar-refractivity contribution in [2.75, 3.05) is 71.0 Å². The number of nitrogens with zero attached hydrogens (tertiary/aromatic N) is 3. The van der Waals surface area contributed by atoms with Gasteiger partial charge in [-0.25, -0.2) is 4.39 Å². The molecular formula is C28H35ClFN5O2S. The van der Waals surface area contributed by atoms with E-state index in [4.69, 9.17) is 21.7 Å². The number of piperazine rings is 1. The number of halogens is 2. The van der Waals surface area contributed by atoms with Crippen LogP contribution in [0, 0.1) is 18.2 Å². The summed E-state index contributed by atoms with van der Waals surface area (Å²) in [4.78, 5) is 18.9. The van der Waals surface area contributed by atoms with Crippen molar-refractivity contribution in [1.29, 1.82) is 5.41 Å². The van der Waals surface area contributed by atoms with Crippen molar-refractivity contribution in [3.63, 3.8) is 0 Å². The third-order valence-corrected chi connectivity index (χ3v) is 8.36. The Morgan fingerprint density at radius 1 is 1.29 bits per heavy atom. The second-order valence-electron chi connectivity index (χ2n) is 9.80. The first-order valence-corrected chi connectivity index (χ1v) is 14.1. The zero-order chi connectivity index (χ0) is 27.4. The van der Waals surface area contributed by atoms with Gasteiger partial charge in [-0.05, 0) is 56.4 Å². The number of likely N-dealkylation sites (N-methyl/N-ethyl adjacent to an activating group) is 1. The standard InChI is InChI=1S/C28H35ClFN5O2S/c1-5-24(36)34-8-10-35(11-9-34)28(31)21-14-18(2)25(19-6-7-23(30)22(29)15-19)27-26(21)32-16-20(17-38-27)37-13-12-33(3)4/h5-7,14-15,20,31-32H,1,8-13,16-17H2,2-4H3. The highest BCUT2D eigenvalue weighted by Gasteiger charge is 2.29. The van der Waals surface area contributed by atoms with Gasteiger partial charge in [0.25, 0.3) is 0 Å². The molecule has 1 unspecified atom stereocenters. The van der Waals surface area contributed by atoms with Crippen LogP contribution in [0.4, 0.5) is 10.1 Å². The Morgan fingerprint density at radius 3 is 2.66 bits per heavy atom. The van der Waals surface area contributed by atoms with Crippen molar-refractivity contribution in [1.82, 2.24) is 14.7 Å². The summed E-state index contributed by atoms with van der Waals surface area (Å²) >= 11 is 7.86. The third-order valence-electron chi connectivity index (χ3n) is 6.84. The maximum atomic E-state index is 14.0. The van der Waals surface area contributed by atoms with Crippen molar-refractivity contribution in [2.45, 2.75) is 17.9 Å². The number of rotatable bonds is 7. The number of anilines is 1. The molecule has 2 heterocycles. The maximum absolute atomic E-state index is 14.0. The number of ether oxygens (including phenoxy) is 1. The van der Waals surface area contributed by atoms with Crippen LogP contribution in [0.5, 0.6) is 0 Å².